The van der Waals surface area contributed by atoms with Gasteiger partial charge >= 0.3 is 0 Å². The molecule has 126 valence electrons. The average molecular weight is 339 g/mol. The van der Waals surface area contributed by atoms with Crippen molar-refractivity contribution < 1.29 is 26.8 Å². The molecule has 2 rings (SSSR count). The quantitative estimate of drug-likeness (QED) is 0.826. The monoisotopic (exact) mass is 339 g/mol. The zero-order valence-corrected chi connectivity index (χ0v) is 13.2. The van der Waals surface area contributed by atoms with Gasteiger partial charge in [-0.25, -0.2) is 17.2 Å². The highest BCUT2D eigenvalue weighted by molar-refractivity contribution is 7.89. The molecule has 10 heteroatoms. The molecule has 1 aromatic heterocycles. The van der Waals surface area contributed by atoms with Crippen molar-refractivity contribution in [3.05, 3.63) is 11.5 Å². The molecule has 0 radical (unpaired) electrons. The Kier molecular flexibility index (Phi) is 4.85. The van der Waals surface area contributed by atoms with E-state index in [4.69, 9.17) is 9.63 Å². The van der Waals surface area contributed by atoms with Gasteiger partial charge in [0.25, 0.3) is 5.92 Å². The summed E-state index contributed by atoms with van der Waals surface area (Å²) in [6.45, 7) is 1.83. The van der Waals surface area contributed by atoms with E-state index in [0.29, 0.717) is 0 Å². The number of piperazine rings is 1. The first kappa shape index (κ1) is 17.3. The Labute approximate surface area is 127 Å². The third kappa shape index (κ3) is 3.45. The van der Waals surface area contributed by atoms with E-state index in [1.165, 1.54) is 16.1 Å². The van der Waals surface area contributed by atoms with Crippen LogP contribution >= 0.6 is 0 Å². The number of aromatic nitrogens is 1. The van der Waals surface area contributed by atoms with Crippen LogP contribution < -0.4 is 0 Å². The predicted octanol–water partition coefficient (Wildman–Crippen LogP) is 0.225. The molecular weight excluding hydrogens is 320 g/mol. The highest BCUT2D eigenvalue weighted by Gasteiger charge is 2.36. The van der Waals surface area contributed by atoms with E-state index >= 15 is 0 Å². The van der Waals surface area contributed by atoms with Gasteiger partial charge in [0.05, 0.1) is 6.54 Å². The molecule has 1 N–H and O–H groups in total. The van der Waals surface area contributed by atoms with E-state index in [0.717, 1.165) is 0 Å². The summed E-state index contributed by atoms with van der Waals surface area (Å²) in [6, 6.07) is 0. The molecule has 2 heterocycles. The molecule has 0 spiro atoms. The Hall–Kier alpha value is -1.10. The molecule has 0 bridgehead atoms. The molecule has 0 unspecified atom stereocenters. The van der Waals surface area contributed by atoms with Gasteiger partial charge in [0.2, 0.25) is 10.0 Å². The van der Waals surface area contributed by atoms with E-state index in [1.54, 1.807) is 6.92 Å². The van der Waals surface area contributed by atoms with Crippen LogP contribution in [0.2, 0.25) is 0 Å². The number of sulfonamides is 1. The second-order valence-electron chi connectivity index (χ2n) is 5.35. The first-order valence-electron chi connectivity index (χ1n) is 6.81. The number of aliphatic hydroxyl groups excluding tert-OH is 1. The summed E-state index contributed by atoms with van der Waals surface area (Å²) in [5.74, 6) is -2.96. The summed E-state index contributed by atoms with van der Waals surface area (Å²) in [7, 11) is -3.74. The lowest BCUT2D eigenvalue weighted by Crippen LogP contribution is -2.52. The van der Waals surface area contributed by atoms with Crippen molar-refractivity contribution in [1.82, 2.24) is 14.4 Å². The van der Waals surface area contributed by atoms with Crippen molar-refractivity contribution in [3.8, 4) is 0 Å². The summed E-state index contributed by atoms with van der Waals surface area (Å²) in [5, 5.41) is 12.2. The van der Waals surface area contributed by atoms with Gasteiger partial charge in [0.1, 0.15) is 17.2 Å². The predicted molar refractivity (Wildman–Crippen MR) is 73.2 cm³/mol. The number of aliphatic hydroxyl groups is 1. The second kappa shape index (κ2) is 6.19. The minimum absolute atomic E-state index is 0.0432. The first-order valence-corrected chi connectivity index (χ1v) is 8.25. The Morgan fingerprint density at radius 2 is 1.86 bits per heavy atom. The number of hydrogen-bond acceptors (Lipinski definition) is 6. The maximum absolute atomic E-state index is 13.2. The zero-order valence-electron chi connectivity index (χ0n) is 12.4. The van der Waals surface area contributed by atoms with Crippen LogP contribution in [-0.4, -0.2) is 73.1 Å². The van der Waals surface area contributed by atoms with E-state index in [1.807, 2.05) is 0 Å². The molecule has 1 fully saturated rings. The third-order valence-electron chi connectivity index (χ3n) is 3.58. The third-order valence-corrected chi connectivity index (χ3v) is 5.73. The molecule has 0 aromatic carbocycles. The van der Waals surface area contributed by atoms with Crippen LogP contribution in [0.1, 0.15) is 11.5 Å². The van der Waals surface area contributed by atoms with Crippen LogP contribution in [0.25, 0.3) is 0 Å². The van der Waals surface area contributed by atoms with Crippen molar-refractivity contribution in [2.24, 2.45) is 0 Å². The van der Waals surface area contributed by atoms with Gasteiger partial charge in [-0.2, -0.15) is 4.31 Å². The van der Waals surface area contributed by atoms with E-state index < -0.39 is 29.1 Å². The standard InChI is InChI=1S/C12H19F2N3O4S/c1-9-11(10(2)21-15-9)22(19,20)17-5-3-16(4-6-17)7-12(13,14)8-18/h18H,3-8H2,1-2H3. The van der Waals surface area contributed by atoms with Crippen molar-refractivity contribution in [2.45, 2.75) is 24.7 Å². The zero-order chi connectivity index (χ0) is 16.5. The number of alkyl halides is 2. The van der Waals surface area contributed by atoms with Crippen LogP contribution in [0.5, 0.6) is 0 Å². The smallest absolute Gasteiger partial charge is 0.283 e. The van der Waals surface area contributed by atoms with Crippen LogP contribution in [0.4, 0.5) is 8.78 Å². The lowest BCUT2D eigenvalue weighted by molar-refractivity contribution is -0.0761. The lowest BCUT2D eigenvalue weighted by Gasteiger charge is -2.35. The molecule has 1 aliphatic heterocycles. The SMILES string of the molecule is Cc1noc(C)c1S(=O)(=O)N1CCN(CC(F)(F)CO)CC1. The maximum Gasteiger partial charge on any atom is 0.283 e. The molecule has 0 aliphatic carbocycles. The van der Waals surface area contributed by atoms with E-state index in [9.17, 15) is 17.2 Å². The number of aryl methyl sites for hydroxylation is 2. The maximum atomic E-state index is 13.2. The van der Waals surface area contributed by atoms with Gasteiger partial charge < -0.3 is 9.63 Å². The summed E-state index contributed by atoms with van der Waals surface area (Å²) in [5.41, 5.74) is 0.284. The molecule has 22 heavy (non-hydrogen) atoms. The van der Waals surface area contributed by atoms with Gasteiger partial charge in [-0.3, -0.25) is 4.90 Å². The number of rotatable bonds is 5. The number of hydrogen-bond donors (Lipinski definition) is 1. The second-order valence-corrected chi connectivity index (χ2v) is 7.22. The van der Waals surface area contributed by atoms with Crippen LogP contribution in [-0.2, 0) is 10.0 Å². The fraction of sp³-hybridized carbons (Fsp3) is 0.750. The minimum Gasteiger partial charge on any atom is -0.390 e. The Bertz CT molecular complexity index is 605. The highest BCUT2D eigenvalue weighted by Crippen LogP contribution is 2.24. The average Bonchev–Trinajstić information content (AvgIpc) is 2.79. The fourth-order valence-electron chi connectivity index (χ4n) is 2.48. The van der Waals surface area contributed by atoms with Gasteiger partial charge in [0, 0.05) is 26.2 Å². The molecule has 1 saturated heterocycles. The molecule has 0 amide bonds. The lowest BCUT2D eigenvalue weighted by atomic mass is 10.3. The van der Waals surface area contributed by atoms with Crippen LogP contribution in [0.15, 0.2) is 9.42 Å². The molecule has 7 nitrogen and oxygen atoms in total. The Balaban J connectivity index is 2.06. The highest BCUT2D eigenvalue weighted by atomic mass is 32.2. The molecular formula is C12H19F2N3O4S. The van der Waals surface area contributed by atoms with Gasteiger partial charge in [-0.1, -0.05) is 5.16 Å². The molecule has 0 atom stereocenters. The van der Waals surface area contributed by atoms with Gasteiger partial charge in [-0.15, -0.1) is 0 Å². The van der Waals surface area contributed by atoms with E-state index in [2.05, 4.69) is 5.16 Å². The molecule has 0 saturated carbocycles. The van der Waals surface area contributed by atoms with Gasteiger partial charge in [0.15, 0.2) is 5.76 Å². The molecule has 1 aromatic rings. The normalized spacial score (nSPS) is 18.8. The van der Waals surface area contributed by atoms with E-state index in [-0.39, 0.29) is 42.5 Å². The fourth-order valence-corrected chi connectivity index (χ4v) is 4.19. The van der Waals surface area contributed by atoms with Crippen molar-refractivity contribution >= 4 is 10.0 Å². The van der Waals surface area contributed by atoms with Crippen molar-refractivity contribution in [2.75, 3.05) is 39.3 Å². The first-order chi connectivity index (χ1) is 10.2. The van der Waals surface area contributed by atoms with Crippen LogP contribution in [0, 0.1) is 13.8 Å². The van der Waals surface area contributed by atoms with Crippen molar-refractivity contribution in [1.29, 1.82) is 0 Å². The summed E-state index contributed by atoms with van der Waals surface area (Å²) >= 11 is 0. The summed E-state index contributed by atoms with van der Waals surface area (Å²) in [6.07, 6.45) is 0. The number of halogens is 2. The minimum atomic E-state index is -3.74. The summed E-state index contributed by atoms with van der Waals surface area (Å²) in [4.78, 5) is 1.48. The molecule has 1 aliphatic rings. The largest absolute Gasteiger partial charge is 0.390 e. The van der Waals surface area contributed by atoms with Crippen LogP contribution in [0.3, 0.4) is 0 Å². The Morgan fingerprint density at radius 1 is 1.27 bits per heavy atom. The Morgan fingerprint density at radius 3 is 2.32 bits per heavy atom. The van der Waals surface area contributed by atoms with Crippen molar-refractivity contribution in [3.63, 3.8) is 0 Å². The summed E-state index contributed by atoms with van der Waals surface area (Å²) < 4.78 is 57.5. The topological polar surface area (TPSA) is 86.9 Å². The number of nitrogens with zero attached hydrogens (tertiary/aromatic N) is 3. The van der Waals surface area contributed by atoms with Gasteiger partial charge in [-0.05, 0) is 13.8 Å².